The van der Waals surface area contributed by atoms with Crippen molar-refractivity contribution >= 4 is 29.9 Å². The molecule has 5 nitrogen and oxygen atoms in total. The van der Waals surface area contributed by atoms with E-state index in [-0.39, 0.29) is 17.0 Å². The van der Waals surface area contributed by atoms with Crippen molar-refractivity contribution in [1.29, 1.82) is 0 Å². The van der Waals surface area contributed by atoms with Gasteiger partial charge in [-0.1, -0.05) is 11.6 Å². The lowest BCUT2D eigenvalue weighted by Gasteiger charge is -2.24. The van der Waals surface area contributed by atoms with Crippen molar-refractivity contribution in [2.24, 2.45) is 16.0 Å². The van der Waals surface area contributed by atoms with Crippen molar-refractivity contribution in [2.75, 3.05) is 0 Å². The first-order chi connectivity index (χ1) is 9.43. The summed E-state index contributed by atoms with van der Waals surface area (Å²) >= 11 is 6.19. The predicted molar refractivity (Wildman–Crippen MR) is 81.5 cm³/mol. The fourth-order valence-corrected chi connectivity index (χ4v) is 2.36. The number of nitrogens with zero attached hydrogens (tertiary/aromatic N) is 3. The SMILES string of the molecule is C=NN1C(C)=CC(C)=N/C1=C(/Cl)C(=O)N[C@@H](C)C1CC1. The normalized spacial score (nSPS) is 22.7. The lowest BCUT2D eigenvalue weighted by molar-refractivity contribution is -0.117. The number of hydrazone groups is 1. The summed E-state index contributed by atoms with van der Waals surface area (Å²) < 4.78 is 0. The Morgan fingerprint density at radius 2 is 2.25 bits per heavy atom. The summed E-state index contributed by atoms with van der Waals surface area (Å²) in [6.45, 7) is 9.20. The van der Waals surface area contributed by atoms with Crippen LogP contribution in [0.1, 0.15) is 33.6 Å². The average Bonchev–Trinajstić information content (AvgIpc) is 3.21. The van der Waals surface area contributed by atoms with Crippen molar-refractivity contribution in [3.63, 3.8) is 0 Å². The molecule has 0 radical (unpaired) electrons. The first kappa shape index (κ1) is 14.8. The minimum atomic E-state index is -0.319. The highest BCUT2D eigenvalue weighted by atomic mass is 35.5. The number of carbonyl (C=O) groups is 1. The van der Waals surface area contributed by atoms with Gasteiger partial charge < -0.3 is 5.32 Å². The van der Waals surface area contributed by atoms with Crippen LogP contribution in [0.15, 0.2) is 32.7 Å². The number of hydrogen-bond donors (Lipinski definition) is 1. The maximum absolute atomic E-state index is 12.2. The average molecular weight is 295 g/mol. The minimum Gasteiger partial charge on any atom is -0.348 e. The topological polar surface area (TPSA) is 57.1 Å². The molecule has 0 aromatic carbocycles. The molecular weight excluding hydrogens is 276 g/mol. The van der Waals surface area contributed by atoms with Gasteiger partial charge in [-0.15, -0.1) is 0 Å². The number of amides is 1. The third-order valence-corrected chi connectivity index (χ3v) is 3.80. The van der Waals surface area contributed by atoms with Crippen LogP contribution in [0.4, 0.5) is 0 Å². The Bertz CT molecular complexity index is 531. The molecule has 1 N–H and O–H groups in total. The Labute approximate surface area is 124 Å². The summed E-state index contributed by atoms with van der Waals surface area (Å²) in [6.07, 6.45) is 4.18. The molecule has 6 heteroatoms. The zero-order chi connectivity index (χ0) is 14.9. The van der Waals surface area contributed by atoms with Gasteiger partial charge in [-0.3, -0.25) is 4.79 Å². The zero-order valence-corrected chi connectivity index (χ0v) is 12.7. The van der Waals surface area contributed by atoms with Gasteiger partial charge in [-0.25, -0.2) is 10.0 Å². The number of hydrogen-bond acceptors (Lipinski definition) is 4. The molecule has 1 amide bonds. The summed E-state index contributed by atoms with van der Waals surface area (Å²) in [6, 6.07) is 0.132. The van der Waals surface area contributed by atoms with Gasteiger partial charge in [0.15, 0.2) is 5.82 Å². The highest BCUT2D eigenvalue weighted by molar-refractivity contribution is 6.42. The minimum absolute atomic E-state index is 0.0386. The largest absolute Gasteiger partial charge is 0.348 e. The van der Waals surface area contributed by atoms with Crippen LogP contribution in [0.25, 0.3) is 0 Å². The fraction of sp³-hybridized carbons (Fsp3) is 0.500. The molecule has 1 heterocycles. The summed E-state index contributed by atoms with van der Waals surface area (Å²) in [5.74, 6) is 0.570. The molecule has 0 spiro atoms. The number of nitrogens with one attached hydrogen (secondary N) is 1. The van der Waals surface area contributed by atoms with Gasteiger partial charge in [-0.2, -0.15) is 5.10 Å². The van der Waals surface area contributed by atoms with Gasteiger partial charge in [0, 0.05) is 24.2 Å². The Hall–Kier alpha value is -1.62. The molecule has 2 aliphatic rings. The van der Waals surface area contributed by atoms with E-state index in [2.05, 4.69) is 22.1 Å². The molecule has 1 fully saturated rings. The van der Waals surface area contributed by atoms with Crippen LogP contribution in [0.3, 0.4) is 0 Å². The van der Waals surface area contributed by atoms with Crippen LogP contribution < -0.4 is 5.32 Å². The predicted octanol–water partition coefficient (Wildman–Crippen LogP) is 2.60. The van der Waals surface area contributed by atoms with E-state index in [0.717, 1.165) is 24.3 Å². The summed E-state index contributed by atoms with van der Waals surface area (Å²) in [4.78, 5) is 16.5. The fourth-order valence-electron chi connectivity index (χ4n) is 2.18. The molecule has 108 valence electrons. The van der Waals surface area contributed by atoms with E-state index in [4.69, 9.17) is 11.6 Å². The van der Waals surface area contributed by atoms with E-state index in [9.17, 15) is 4.79 Å². The van der Waals surface area contributed by atoms with E-state index in [1.54, 1.807) is 0 Å². The molecule has 1 saturated carbocycles. The van der Waals surface area contributed by atoms with Gasteiger partial charge in [0.05, 0.1) is 0 Å². The summed E-state index contributed by atoms with van der Waals surface area (Å²) in [7, 11) is 0. The maximum atomic E-state index is 12.2. The van der Waals surface area contributed by atoms with Gasteiger partial charge in [0.25, 0.3) is 5.91 Å². The van der Waals surface area contributed by atoms with Gasteiger partial charge >= 0.3 is 0 Å². The molecule has 1 aliphatic carbocycles. The molecule has 0 aromatic heterocycles. The van der Waals surface area contributed by atoms with Crippen LogP contribution in [0, 0.1) is 5.92 Å². The number of aliphatic imine (C=N–C) groups is 1. The molecule has 2 rings (SSSR count). The summed E-state index contributed by atoms with van der Waals surface area (Å²) in [5, 5.41) is 8.27. The van der Waals surface area contributed by atoms with Crippen molar-refractivity contribution in [1.82, 2.24) is 10.3 Å². The van der Waals surface area contributed by atoms with E-state index in [0.29, 0.717) is 11.7 Å². The third-order valence-electron chi connectivity index (χ3n) is 3.46. The number of allylic oxidation sites excluding steroid dienone is 2. The molecule has 20 heavy (non-hydrogen) atoms. The third kappa shape index (κ3) is 3.10. The second-order valence-corrected chi connectivity index (χ2v) is 5.61. The molecule has 0 bridgehead atoms. The van der Waals surface area contributed by atoms with Crippen molar-refractivity contribution in [3.8, 4) is 0 Å². The summed E-state index contributed by atoms with van der Waals surface area (Å²) in [5.41, 5.74) is 1.60. The molecule has 1 atom stereocenters. The van der Waals surface area contributed by atoms with Crippen LogP contribution in [-0.2, 0) is 4.79 Å². The lowest BCUT2D eigenvalue weighted by Crippen LogP contribution is -2.35. The first-order valence-corrected chi connectivity index (χ1v) is 7.02. The van der Waals surface area contributed by atoms with E-state index in [1.165, 1.54) is 5.01 Å². The van der Waals surface area contributed by atoms with Crippen LogP contribution in [0.5, 0.6) is 0 Å². The van der Waals surface area contributed by atoms with Crippen LogP contribution in [-0.4, -0.2) is 29.4 Å². The van der Waals surface area contributed by atoms with E-state index < -0.39 is 0 Å². The van der Waals surface area contributed by atoms with E-state index >= 15 is 0 Å². The van der Waals surface area contributed by atoms with Crippen LogP contribution >= 0.6 is 11.6 Å². The Morgan fingerprint density at radius 3 is 2.80 bits per heavy atom. The monoisotopic (exact) mass is 294 g/mol. The number of rotatable bonds is 4. The highest BCUT2D eigenvalue weighted by Gasteiger charge is 2.30. The van der Waals surface area contributed by atoms with Gasteiger partial charge in [-0.05, 0) is 45.6 Å². The van der Waals surface area contributed by atoms with Crippen molar-refractivity contribution in [3.05, 3.63) is 22.6 Å². The molecule has 0 saturated heterocycles. The smallest absolute Gasteiger partial charge is 0.266 e. The van der Waals surface area contributed by atoms with Crippen LogP contribution in [0.2, 0.25) is 0 Å². The highest BCUT2D eigenvalue weighted by Crippen LogP contribution is 2.32. The standard InChI is InChI=1S/C14H19ClN4O/c1-8-7-9(2)19(16-4)13(17-8)12(15)14(20)18-10(3)11-5-6-11/h7,10-11H,4-6H2,1-3H3,(H,18,20)/b13-12-/t10-/m0/s1. The number of carbonyl (C=O) groups excluding carboxylic acids is 1. The Morgan fingerprint density at radius 1 is 1.60 bits per heavy atom. The van der Waals surface area contributed by atoms with Crippen molar-refractivity contribution < 1.29 is 4.79 Å². The van der Waals surface area contributed by atoms with Crippen molar-refractivity contribution in [2.45, 2.75) is 39.7 Å². The second-order valence-electron chi connectivity index (χ2n) is 5.23. The second kappa shape index (κ2) is 5.79. The molecule has 0 unspecified atom stereocenters. The zero-order valence-electron chi connectivity index (χ0n) is 12.0. The Balaban J connectivity index is 2.22. The van der Waals surface area contributed by atoms with Gasteiger partial charge in [0.2, 0.25) is 0 Å². The lowest BCUT2D eigenvalue weighted by atomic mass is 10.2. The molecule has 0 aromatic rings. The quantitative estimate of drug-likeness (QED) is 0.640. The maximum Gasteiger partial charge on any atom is 0.266 e. The van der Waals surface area contributed by atoms with E-state index in [1.807, 2.05) is 26.8 Å². The molecule has 1 aliphatic heterocycles. The Kier molecular flexibility index (Phi) is 4.28. The number of halogens is 1. The first-order valence-electron chi connectivity index (χ1n) is 6.65. The van der Waals surface area contributed by atoms with Gasteiger partial charge in [0.1, 0.15) is 5.03 Å². The molecular formula is C14H19ClN4O.